The third-order valence-corrected chi connectivity index (χ3v) is 4.24. The van der Waals surface area contributed by atoms with E-state index in [0.717, 1.165) is 12.2 Å². The zero-order valence-electron chi connectivity index (χ0n) is 10.0. The fourth-order valence-corrected chi connectivity index (χ4v) is 3.37. The summed E-state index contributed by atoms with van der Waals surface area (Å²) in [5.41, 5.74) is 0.821. The van der Waals surface area contributed by atoms with Crippen molar-refractivity contribution in [3.63, 3.8) is 0 Å². The molecule has 1 aromatic heterocycles. The van der Waals surface area contributed by atoms with Crippen LogP contribution in [0.15, 0.2) is 5.38 Å². The Morgan fingerprint density at radius 1 is 1.62 bits per heavy atom. The van der Waals surface area contributed by atoms with E-state index in [4.69, 9.17) is 0 Å². The van der Waals surface area contributed by atoms with Gasteiger partial charge in [0.25, 0.3) is 0 Å². The van der Waals surface area contributed by atoms with Crippen LogP contribution in [-0.4, -0.2) is 28.1 Å². The second-order valence-corrected chi connectivity index (χ2v) is 5.32. The average Bonchev–Trinajstić information content (AvgIpc) is 2.78. The van der Waals surface area contributed by atoms with Gasteiger partial charge in [-0.25, -0.2) is 4.98 Å². The van der Waals surface area contributed by atoms with E-state index in [9.17, 15) is 5.11 Å². The van der Waals surface area contributed by atoms with Gasteiger partial charge in [-0.3, -0.25) is 4.90 Å². The summed E-state index contributed by atoms with van der Waals surface area (Å²) < 4.78 is 0. The maximum atomic E-state index is 9.49. The summed E-state index contributed by atoms with van der Waals surface area (Å²) in [6.45, 7) is 6.26. The SMILES string of the molecule is CCN1CCCCC1c1nc(C(C)O)cs1. The molecule has 0 aliphatic carbocycles. The first-order valence-corrected chi connectivity index (χ1v) is 6.97. The molecule has 1 fully saturated rings. The lowest BCUT2D eigenvalue weighted by Gasteiger charge is -2.33. The molecule has 2 unspecified atom stereocenters. The van der Waals surface area contributed by atoms with Gasteiger partial charge in [0.15, 0.2) is 0 Å². The molecule has 1 aromatic rings. The highest BCUT2D eigenvalue weighted by molar-refractivity contribution is 7.09. The molecule has 1 aliphatic heterocycles. The number of hydrogen-bond acceptors (Lipinski definition) is 4. The number of thiazole rings is 1. The molecule has 1 N–H and O–H groups in total. The normalized spacial score (nSPS) is 24.6. The molecule has 0 aromatic carbocycles. The van der Waals surface area contributed by atoms with Gasteiger partial charge in [0.1, 0.15) is 5.01 Å². The van der Waals surface area contributed by atoms with Gasteiger partial charge >= 0.3 is 0 Å². The zero-order chi connectivity index (χ0) is 11.5. The van der Waals surface area contributed by atoms with Crippen LogP contribution in [0.25, 0.3) is 0 Å². The number of nitrogens with zero attached hydrogens (tertiary/aromatic N) is 2. The Balaban J connectivity index is 2.14. The van der Waals surface area contributed by atoms with Crippen molar-refractivity contribution in [2.75, 3.05) is 13.1 Å². The number of hydrogen-bond donors (Lipinski definition) is 1. The van der Waals surface area contributed by atoms with Crippen molar-refractivity contribution in [3.05, 3.63) is 16.1 Å². The van der Waals surface area contributed by atoms with E-state index in [1.54, 1.807) is 18.3 Å². The second kappa shape index (κ2) is 5.25. The molecule has 0 spiro atoms. The molecule has 0 bridgehead atoms. The Hall–Kier alpha value is -0.450. The predicted molar refractivity (Wildman–Crippen MR) is 66.6 cm³/mol. The van der Waals surface area contributed by atoms with Crippen LogP contribution in [-0.2, 0) is 0 Å². The summed E-state index contributed by atoms with van der Waals surface area (Å²) >= 11 is 1.69. The van der Waals surface area contributed by atoms with E-state index in [-0.39, 0.29) is 0 Å². The van der Waals surface area contributed by atoms with Crippen LogP contribution in [0.5, 0.6) is 0 Å². The largest absolute Gasteiger partial charge is 0.387 e. The highest BCUT2D eigenvalue weighted by Crippen LogP contribution is 2.33. The summed E-state index contributed by atoms with van der Waals surface area (Å²) in [4.78, 5) is 7.05. The minimum Gasteiger partial charge on any atom is -0.387 e. The Kier molecular flexibility index (Phi) is 3.95. The number of likely N-dealkylation sites (tertiary alicyclic amines) is 1. The fraction of sp³-hybridized carbons (Fsp3) is 0.750. The van der Waals surface area contributed by atoms with E-state index >= 15 is 0 Å². The lowest BCUT2D eigenvalue weighted by molar-refractivity contribution is 0.155. The molecule has 1 aliphatic rings. The van der Waals surface area contributed by atoms with Crippen molar-refractivity contribution in [1.82, 2.24) is 9.88 Å². The Morgan fingerprint density at radius 2 is 2.44 bits per heavy atom. The van der Waals surface area contributed by atoms with Gasteiger partial charge in [0.2, 0.25) is 0 Å². The maximum Gasteiger partial charge on any atom is 0.110 e. The third-order valence-electron chi connectivity index (χ3n) is 3.27. The maximum absolute atomic E-state index is 9.49. The van der Waals surface area contributed by atoms with Crippen molar-refractivity contribution >= 4 is 11.3 Å². The van der Waals surface area contributed by atoms with Crippen LogP contribution < -0.4 is 0 Å². The van der Waals surface area contributed by atoms with Crippen molar-refractivity contribution in [3.8, 4) is 0 Å². The van der Waals surface area contributed by atoms with Crippen LogP contribution in [0, 0.1) is 0 Å². The monoisotopic (exact) mass is 240 g/mol. The van der Waals surface area contributed by atoms with Gasteiger partial charge in [-0.05, 0) is 32.9 Å². The van der Waals surface area contributed by atoms with Crippen LogP contribution in [0.2, 0.25) is 0 Å². The molecule has 0 saturated carbocycles. The van der Waals surface area contributed by atoms with Crippen molar-refractivity contribution < 1.29 is 5.11 Å². The summed E-state index contributed by atoms with van der Waals surface area (Å²) in [6, 6.07) is 0.483. The van der Waals surface area contributed by atoms with Crippen molar-refractivity contribution in [2.24, 2.45) is 0 Å². The highest BCUT2D eigenvalue weighted by Gasteiger charge is 2.25. The first-order valence-electron chi connectivity index (χ1n) is 6.09. The average molecular weight is 240 g/mol. The van der Waals surface area contributed by atoms with E-state index < -0.39 is 6.10 Å². The minimum absolute atomic E-state index is 0.441. The van der Waals surface area contributed by atoms with Crippen LogP contribution in [0.1, 0.15) is 56.0 Å². The van der Waals surface area contributed by atoms with Gasteiger partial charge in [-0.1, -0.05) is 13.3 Å². The quantitative estimate of drug-likeness (QED) is 0.882. The minimum atomic E-state index is -0.441. The number of aliphatic hydroxyl groups is 1. The molecule has 0 radical (unpaired) electrons. The fourth-order valence-electron chi connectivity index (χ4n) is 2.29. The lowest BCUT2D eigenvalue weighted by Crippen LogP contribution is -2.33. The smallest absolute Gasteiger partial charge is 0.110 e. The third kappa shape index (κ3) is 2.44. The van der Waals surface area contributed by atoms with Gasteiger partial charge in [0, 0.05) is 5.38 Å². The molecule has 16 heavy (non-hydrogen) atoms. The molecule has 2 atom stereocenters. The first-order chi connectivity index (χ1) is 7.72. The van der Waals surface area contributed by atoms with Gasteiger partial charge in [0.05, 0.1) is 17.8 Å². The molecule has 0 amide bonds. The molecular weight excluding hydrogens is 220 g/mol. The predicted octanol–water partition coefficient (Wildman–Crippen LogP) is 2.74. The number of piperidine rings is 1. The Labute approximate surface area is 101 Å². The van der Waals surface area contributed by atoms with Crippen molar-refractivity contribution in [1.29, 1.82) is 0 Å². The number of aliphatic hydroxyl groups excluding tert-OH is 1. The van der Waals surface area contributed by atoms with Gasteiger partial charge in [-0.15, -0.1) is 11.3 Å². The molecule has 2 heterocycles. The molecular formula is C12H20N2OS. The molecule has 3 nitrogen and oxygen atoms in total. The van der Waals surface area contributed by atoms with Crippen molar-refractivity contribution in [2.45, 2.75) is 45.3 Å². The summed E-state index contributed by atoms with van der Waals surface area (Å²) in [5, 5.41) is 12.7. The number of aromatic nitrogens is 1. The highest BCUT2D eigenvalue weighted by atomic mass is 32.1. The molecule has 2 rings (SSSR count). The molecule has 1 saturated heterocycles. The van der Waals surface area contributed by atoms with E-state index in [1.807, 2.05) is 5.38 Å². The summed E-state index contributed by atoms with van der Waals surface area (Å²) in [6.07, 6.45) is 3.37. The standard InChI is InChI=1S/C12H20N2OS/c1-3-14-7-5-4-6-11(14)12-13-10(8-16-12)9(2)15/h8-9,11,15H,3-7H2,1-2H3. The summed E-state index contributed by atoms with van der Waals surface area (Å²) in [5.74, 6) is 0. The Bertz CT molecular complexity index is 338. The van der Waals surface area contributed by atoms with Crippen LogP contribution in [0.3, 0.4) is 0 Å². The topological polar surface area (TPSA) is 36.4 Å². The zero-order valence-corrected chi connectivity index (χ0v) is 10.8. The van der Waals surface area contributed by atoms with Gasteiger partial charge in [-0.2, -0.15) is 0 Å². The van der Waals surface area contributed by atoms with Gasteiger partial charge < -0.3 is 5.11 Å². The van der Waals surface area contributed by atoms with E-state index in [2.05, 4.69) is 16.8 Å². The Morgan fingerprint density at radius 3 is 3.06 bits per heavy atom. The lowest BCUT2D eigenvalue weighted by atomic mass is 10.0. The van der Waals surface area contributed by atoms with E-state index in [1.165, 1.54) is 30.8 Å². The summed E-state index contributed by atoms with van der Waals surface area (Å²) in [7, 11) is 0. The van der Waals surface area contributed by atoms with Crippen LogP contribution in [0.4, 0.5) is 0 Å². The molecule has 4 heteroatoms. The molecule has 90 valence electrons. The van der Waals surface area contributed by atoms with Crippen LogP contribution >= 0.6 is 11.3 Å². The second-order valence-electron chi connectivity index (χ2n) is 4.43. The first kappa shape index (κ1) is 12.0. The van der Waals surface area contributed by atoms with E-state index in [0.29, 0.717) is 6.04 Å². The number of rotatable bonds is 3.